The summed E-state index contributed by atoms with van der Waals surface area (Å²) in [5, 5.41) is 0. The smallest absolute Gasteiger partial charge is 0.164 e. The molecule has 3 aliphatic rings. The number of aromatic nitrogens is 6. The van der Waals surface area contributed by atoms with Crippen LogP contribution in [0.1, 0.15) is 83.6 Å². The lowest BCUT2D eigenvalue weighted by Gasteiger charge is -2.42. The normalized spacial score (nSPS) is 19.9. The molecule has 2 bridgehead atoms. The van der Waals surface area contributed by atoms with Crippen molar-refractivity contribution in [2.45, 2.75) is 11.8 Å². The van der Waals surface area contributed by atoms with Crippen molar-refractivity contribution >= 4 is 0 Å². The largest absolute Gasteiger partial charge is 0.208 e. The zero-order valence-corrected chi connectivity index (χ0v) is 34.6. The molecule has 2 atom stereocenters. The molecule has 0 spiro atoms. The molecule has 318 valence electrons. The fraction of sp³-hybridized carbons (Fsp3) is 0.0323. The summed E-state index contributed by atoms with van der Waals surface area (Å²) in [5.74, 6) is -3.83. The van der Waals surface area contributed by atoms with Gasteiger partial charge >= 0.3 is 0 Å². The van der Waals surface area contributed by atoms with Crippen molar-refractivity contribution in [3.8, 4) is 90.6 Å². The van der Waals surface area contributed by atoms with Gasteiger partial charge in [-0.1, -0.05) is 218 Å². The highest BCUT2D eigenvalue weighted by Crippen LogP contribution is 2.56. The van der Waals surface area contributed by atoms with Crippen LogP contribution in [0.15, 0.2) is 230 Å². The topological polar surface area (TPSA) is 77.3 Å². The van der Waals surface area contributed by atoms with Crippen molar-refractivity contribution in [3.05, 3.63) is 263 Å². The average Bonchev–Trinajstić information content (AvgIpc) is 0.701. The van der Waals surface area contributed by atoms with Crippen molar-refractivity contribution in [2.24, 2.45) is 0 Å². The van der Waals surface area contributed by atoms with Crippen molar-refractivity contribution in [1.29, 1.82) is 0 Å². The average molecular weight is 897 g/mol. The van der Waals surface area contributed by atoms with Crippen LogP contribution in [0.2, 0.25) is 0 Å². The molecular formula is C62H40N6. The van der Waals surface area contributed by atoms with Gasteiger partial charge in [-0.15, -0.1) is 0 Å². The summed E-state index contributed by atoms with van der Waals surface area (Å²) < 4.78 is 244. The molecule has 3 aliphatic carbocycles. The van der Waals surface area contributed by atoms with Crippen LogP contribution >= 0.6 is 0 Å². The molecule has 6 heteroatoms. The Balaban J connectivity index is 0.991. The maximum Gasteiger partial charge on any atom is 0.164 e. The van der Waals surface area contributed by atoms with E-state index in [1.54, 1.807) is 36.4 Å². The van der Waals surface area contributed by atoms with Crippen molar-refractivity contribution in [1.82, 2.24) is 29.9 Å². The van der Waals surface area contributed by atoms with Gasteiger partial charge in [-0.3, -0.25) is 0 Å². The molecule has 0 amide bonds. The van der Waals surface area contributed by atoms with Gasteiger partial charge in [-0.2, -0.15) is 0 Å². The van der Waals surface area contributed by atoms with Crippen LogP contribution in [0.4, 0.5) is 0 Å². The third-order valence-electron chi connectivity index (χ3n) is 11.5. The van der Waals surface area contributed by atoms with Crippen molar-refractivity contribution < 1.29 is 38.4 Å². The van der Waals surface area contributed by atoms with Gasteiger partial charge in [0.05, 0.1) is 38.4 Å². The number of benzene rings is 9. The predicted octanol–water partition coefficient (Wildman–Crippen LogP) is 14.4. The zero-order valence-electron chi connectivity index (χ0n) is 62.6. The fourth-order valence-corrected chi connectivity index (χ4v) is 8.52. The van der Waals surface area contributed by atoms with E-state index in [4.69, 9.17) is 42.9 Å². The molecule has 11 aromatic rings. The molecule has 14 rings (SSSR count). The maximum absolute atomic E-state index is 9.30. The van der Waals surface area contributed by atoms with Crippen LogP contribution in [-0.4, -0.2) is 29.9 Å². The second-order valence-corrected chi connectivity index (χ2v) is 15.3. The summed E-state index contributed by atoms with van der Waals surface area (Å²) in [7, 11) is 0. The van der Waals surface area contributed by atoms with Crippen LogP contribution in [0.3, 0.4) is 0 Å². The van der Waals surface area contributed by atoms with E-state index in [9.17, 15) is 5.48 Å². The second-order valence-electron chi connectivity index (χ2n) is 15.3. The Morgan fingerprint density at radius 3 is 0.824 bits per heavy atom. The van der Waals surface area contributed by atoms with Crippen LogP contribution in [0.5, 0.6) is 0 Å². The second kappa shape index (κ2) is 16.5. The first-order valence-corrected chi connectivity index (χ1v) is 20.7. The lowest BCUT2D eigenvalue weighted by atomic mass is 9.61. The Morgan fingerprint density at radius 1 is 0.235 bits per heavy atom. The Morgan fingerprint density at radius 2 is 0.485 bits per heavy atom. The molecule has 0 radical (unpaired) electrons. The zero-order chi connectivity index (χ0) is 69.3. The maximum atomic E-state index is 9.30. The van der Waals surface area contributed by atoms with E-state index in [2.05, 4.69) is 19.9 Å². The minimum absolute atomic E-state index is 0.229. The Labute approximate surface area is 433 Å². The summed E-state index contributed by atoms with van der Waals surface area (Å²) in [5.41, 5.74) is 0.371. The van der Waals surface area contributed by atoms with Crippen molar-refractivity contribution in [3.63, 3.8) is 0 Å². The van der Waals surface area contributed by atoms with Gasteiger partial charge in [0.1, 0.15) is 0 Å². The lowest BCUT2D eigenvalue weighted by molar-refractivity contribution is 0.754. The van der Waals surface area contributed by atoms with E-state index < -0.39 is 249 Å². The van der Waals surface area contributed by atoms with Gasteiger partial charge in [0, 0.05) is 45.2 Å². The Bertz CT molecular complexity index is 4890. The first-order valence-electron chi connectivity index (χ1n) is 34.7. The standard InChI is InChI=1S/C62H40N6/c1-5-15-39(16-6-1)41-25-29-45(30-26-41)59-63-57(43-19-9-3-10-20-43)65-61(67-59)47-33-35-51-53(37-47)55-49-23-13-14-24-50(49)56(51)54-38-48(34-36-52(54)55)62-66-58(44-21-11-4-12-22-44)64-60(68-62)46-31-27-42(28-32-46)40-17-7-2-8-18-40/h1-38,55-56H/i1D,2D,3D,4D,5D,6D,7D,8D,9D,10D,11D,12D,15D,16D,17D,18D,19D,20D,21D,22D,25D,26D,27D,28D,29D,30D,31D,32D. The number of hydrogen-bond acceptors (Lipinski definition) is 6. The Kier molecular flexibility index (Phi) is 4.90. The third kappa shape index (κ3) is 6.98. The molecule has 9 aromatic carbocycles. The fourth-order valence-electron chi connectivity index (χ4n) is 8.52. The molecule has 0 aliphatic heterocycles. The molecule has 0 saturated heterocycles. The van der Waals surface area contributed by atoms with Gasteiger partial charge in [0.2, 0.25) is 0 Å². The molecular weight excluding hydrogens is 829 g/mol. The van der Waals surface area contributed by atoms with Crippen LogP contribution in [0.25, 0.3) is 90.6 Å². The summed E-state index contributed by atoms with van der Waals surface area (Å²) in [4.78, 5) is 27.6. The first kappa shape index (κ1) is 20.3. The minimum atomic E-state index is -0.844. The predicted molar refractivity (Wildman–Crippen MR) is 271 cm³/mol. The van der Waals surface area contributed by atoms with Gasteiger partial charge in [-0.05, 0) is 67.8 Å². The van der Waals surface area contributed by atoms with E-state index in [0.717, 1.165) is 22.3 Å². The first-order chi connectivity index (χ1) is 45.3. The highest BCUT2D eigenvalue weighted by molar-refractivity contribution is 5.77. The molecule has 0 fully saturated rings. The number of nitrogens with zero attached hydrogens (tertiary/aromatic N) is 6. The molecule has 68 heavy (non-hydrogen) atoms. The van der Waals surface area contributed by atoms with Crippen molar-refractivity contribution in [2.75, 3.05) is 0 Å². The van der Waals surface area contributed by atoms with Crippen LogP contribution in [-0.2, 0) is 0 Å². The molecule has 2 aromatic heterocycles. The van der Waals surface area contributed by atoms with E-state index in [0.29, 0.717) is 11.1 Å². The molecule has 2 heterocycles. The number of hydrogen-bond donors (Lipinski definition) is 0. The molecule has 2 unspecified atom stereocenters. The van der Waals surface area contributed by atoms with E-state index >= 15 is 0 Å². The summed E-state index contributed by atoms with van der Waals surface area (Å²) in [6.45, 7) is 0. The summed E-state index contributed by atoms with van der Waals surface area (Å²) in [6, 6.07) is -4.12. The van der Waals surface area contributed by atoms with Gasteiger partial charge in [0.25, 0.3) is 0 Å². The summed E-state index contributed by atoms with van der Waals surface area (Å²) in [6.07, 6.45) is 0. The van der Waals surface area contributed by atoms with Crippen LogP contribution in [0, 0.1) is 0 Å². The molecule has 6 nitrogen and oxygen atoms in total. The van der Waals surface area contributed by atoms with Gasteiger partial charge < -0.3 is 0 Å². The van der Waals surface area contributed by atoms with Gasteiger partial charge in [-0.25, -0.2) is 29.9 Å². The van der Waals surface area contributed by atoms with E-state index in [-0.39, 0.29) is 22.8 Å². The van der Waals surface area contributed by atoms with E-state index in [1.807, 2.05) is 24.3 Å². The minimum Gasteiger partial charge on any atom is -0.208 e. The quantitative estimate of drug-likeness (QED) is 0.151. The van der Waals surface area contributed by atoms with Crippen LogP contribution < -0.4 is 0 Å². The summed E-state index contributed by atoms with van der Waals surface area (Å²) >= 11 is 0. The molecule has 0 N–H and O–H groups in total. The lowest BCUT2D eigenvalue weighted by Crippen LogP contribution is -2.27. The SMILES string of the molecule is [2H]c1c([2H])c([2H])c(-c2nc(-c3ccc4c(c3)C3c5ccccc5C4c4cc(-c5nc(-c6c([2H])c([2H])c([2H])c([2H])c6[2H])nc(-c6c([2H])c([2H])c(-c7c([2H])c([2H])c([2H])c([2H])c7[2H])c([2H])c6[2H])n5)ccc43)nc(-c3c([2H])c([2H])c(-c4c([2H])c([2H])c([2H])c([2H])c4[2H])c([2H])c3[2H])n2)c([2H])c1[2H]. The monoisotopic (exact) mass is 897 g/mol. The highest BCUT2D eigenvalue weighted by Gasteiger charge is 2.41. The number of rotatable bonds is 8. The highest BCUT2D eigenvalue weighted by atomic mass is 15.0. The molecule has 0 saturated carbocycles. The van der Waals surface area contributed by atoms with E-state index in [1.165, 1.54) is 0 Å². The Hall–Kier alpha value is -9.00. The van der Waals surface area contributed by atoms with Gasteiger partial charge in [0.15, 0.2) is 34.9 Å². The third-order valence-corrected chi connectivity index (χ3v) is 11.5.